The van der Waals surface area contributed by atoms with Crippen LogP contribution in [0.3, 0.4) is 0 Å². The molecule has 0 unspecified atom stereocenters. The second-order valence-corrected chi connectivity index (χ2v) is 8.12. The van der Waals surface area contributed by atoms with E-state index >= 15 is 0 Å². The Morgan fingerprint density at radius 3 is 2.67 bits per heavy atom. The molecule has 13 heteroatoms. The van der Waals surface area contributed by atoms with Gasteiger partial charge in [0.15, 0.2) is 23.2 Å². The minimum absolute atomic E-state index is 0.0563. The Bertz CT molecular complexity index is 1160. The summed E-state index contributed by atoms with van der Waals surface area (Å²) >= 11 is 0. The molecule has 2 aromatic heterocycles. The molecule has 0 spiro atoms. The lowest BCUT2D eigenvalue weighted by Crippen LogP contribution is -2.33. The molecule has 5 atom stereocenters. The molecule has 0 radical (unpaired) electrons. The molecular weight excluding hydrogens is 434 g/mol. The van der Waals surface area contributed by atoms with Crippen molar-refractivity contribution in [3.63, 3.8) is 0 Å². The summed E-state index contributed by atoms with van der Waals surface area (Å²) in [6, 6.07) is 6.54. The SMILES string of the molecule is O=[N+]([O-])c1ccc(N2CC[C@H](Nc3ncnc4c3ncn4[C@@H]3O[C@H](CO)[C@H](O)[C@@H]3O)C2)cc1. The van der Waals surface area contributed by atoms with Crippen LogP contribution in [0.15, 0.2) is 36.9 Å². The van der Waals surface area contributed by atoms with Crippen LogP contribution in [0.25, 0.3) is 11.2 Å². The molecule has 2 saturated heterocycles. The summed E-state index contributed by atoms with van der Waals surface area (Å²) in [7, 11) is 0. The van der Waals surface area contributed by atoms with Crippen LogP contribution in [0.1, 0.15) is 12.6 Å². The number of non-ortho nitro benzene ring substituents is 1. The molecule has 0 saturated carbocycles. The van der Waals surface area contributed by atoms with Gasteiger partial charge in [-0.2, -0.15) is 0 Å². The maximum atomic E-state index is 10.9. The van der Waals surface area contributed by atoms with Crippen molar-refractivity contribution in [3.8, 4) is 0 Å². The third-order valence-corrected chi connectivity index (χ3v) is 6.10. The Morgan fingerprint density at radius 1 is 1.18 bits per heavy atom. The molecule has 4 heterocycles. The second-order valence-electron chi connectivity index (χ2n) is 8.12. The van der Waals surface area contributed by atoms with E-state index in [4.69, 9.17) is 4.74 Å². The zero-order valence-electron chi connectivity index (χ0n) is 17.4. The smallest absolute Gasteiger partial charge is 0.269 e. The van der Waals surface area contributed by atoms with E-state index in [-0.39, 0.29) is 11.7 Å². The van der Waals surface area contributed by atoms with Gasteiger partial charge in [0, 0.05) is 37.0 Å². The van der Waals surface area contributed by atoms with E-state index in [2.05, 4.69) is 25.2 Å². The Kier molecular flexibility index (Phi) is 5.54. The van der Waals surface area contributed by atoms with Crippen LogP contribution in [0.5, 0.6) is 0 Å². The van der Waals surface area contributed by atoms with Gasteiger partial charge in [0.1, 0.15) is 24.6 Å². The fourth-order valence-corrected chi connectivity index (χ4v) is 4.34. The number of benzene rings is 1. The van der Waals surface area contributed by atoms with Gasteiger partial charge in [-0.05, 0) is 18.6 Å². The summed E-state index contributed by atoms with van der Waals surface area (Å²) in [6.45, 7) is 1.04. The molecule has 2 aliphatic heterocycles. The number of aromatic nitrogens is 4. The monoisotopic (exact) mass is 457 g/mol. The number of aliphatic hydroxyl groups excluding tert-OH is 3. The zero-order chi connectivity index (χ0) is 23.1. The summed E-state index contributed by atoms with van der Waals surface area (Å²) < 4.78 is 7.11. The average molecular weight is 457 g/mol. The number of hydrogen-bond donors (Lipinski definition) is 4. The molecule has 3 aromatic rings. The molecule has 174 valence electrons. The van der Waals surface area contributed by atoms with Gasteiger partial charge in [-0.3, -0.25) is 14.7 Å². The topological polar surface area (TPSA) is 172 Å². The number of nitrogens with one attached hydrogen (secondary N) is 1. The highest BCUT2D eigenvalue weighted by molar-refractivity contribution is 5.83. The lowest BCUT2D eigenvalue weighted by atomic mass is 10.1. The summed E-state index contributed by atoms with van der Waals surface area (Å²) in [6.07, 6.45) is -0.620. The molecule has 4 N–H and O–H groups in total. The van der Waals surface area contributed by atoms with Gasteiger partial charge in [0.05, 0.1) is 17.9 Å². The first-order valence-electron chi connectivity index (χ1n) is 10.5. The molecule has 2 fully saturated rings. The van der Waals surface area contributed by atoms with Crippen LogP contribution in [0.2, 0.25) is 0 Å². The molecule has 33 heavy (non-hydrogen) atoms. The number of nitro benzene ring substituents is 1. The van der Waals surface area contributed by atoms with E-state index in [1.807, 2.05) is 0 Å². The second kappa shape index (κ2) is 8.51. The van der Waals surface area contributed by atoms with Crippen LogP contribution >= 0.6 is 0 Å². The summed E-state index contributed by atoms with van der Waals surface area (Å²) in [5.74, 6) is 0.529. The molecular formula is C20H23N7O6. The number of hydrogen-bond acceptors (Lipinski definition) is 11. The number of ether oxygens (including phenoxy) is 1. The molecule has 1 aromatic carbocycles. The first-order chi connectivity index (χ1) is 16.0. The summed E-state index contributed by atoms with van der Waals surface area (Å²) in [5, 5.41) is 44.0. The van der Waals surface area contributed by atoms with Crippen LogP contribution < -0.4 is 10.2 Å². The van der Waals surface area contributed by atoms with Crippen molar-refractivity contribution in [3.05, 3.63) is 47.0 Å². The Hall–Kier alpha value is -3.39. The fourth-order valence-electron chi connectivity index (χ4n) is 4.34. The van der Waals surface area contributed by atoms with Crippen LogP contribution in [0, 0.1) is 10.1 Å². The van der Waals surface area contributed by atoms with Gasteiger partial charge in [-0.15, -0.1) is 0 Å². The van der Waals surface area contributed by atoms with Crippen molar-refractivity contribution in [2.45, 2.75) is 37.0 Å². The summed E-state index contributed by atoms with van der Waals surface area (Å²) in [5.41, 5.74) is 1.88. The first-order valence-corrected chi connectivity index (χ1v) is 10.5. The fraction of sp³-hybridized carbons (Fsp3) is 0.450. The van der Waals surface area contributed by atoms with E-state index in [1.54, 1.807) is 12.1 Å². The number of rotatable bonds is 6. The lowest BCUT2D eigenvalue weighted by molar-refractivity contribution is -0.384. The molecule has 0 bridgehead atoms. The number of aliphatic hydroxyl groups is 3. The quantitative estimate of drug-likeness (QED) is 0.291. The van der Waals surface area contributed by atoms with Gasteiger partial charge in [-0.1, -0.05) is 0 Å². The van der Waals surface area contributed by atoms with Crippen molar-refractivity contribution in [1.82, 2.24) is 19.5 Å². The van der Waals surface area contributed by atoms with Crippen LogP contribution in [-0.2, 0) is 4.74 Å². The van der Waals surface area contributed by atoms with Gasteiger partial charge >= 0.3 is 0 Å². The van der Waals surface area contributed by atoms with Crippen LogP contribution in [-0.4, -0.2) is 83.8 Å². The number of fused-ring (bicyclic) bond motifs is 1. The highest BCUT2D eigenvalue weighted by Crippen LogP contribution is 2.32. The minimum atomic E-state index is -1.24. The van der Waals surface area contributed by atoms with Crippen molar-refractivity contribution >= 4 is 28.4 Å². The van der Waals surface area contributed by atoms with Gasteiger partial charge < -0.3 is 30.3 Å². The number of nitrogens with zero attached hydrogens (tertiary/aromatic N) is 6. The maximum absolute atomic E-state index is 10.9. The van der Waals surface area contributed by atoms with E-state index in [0.717, 1.165) is 18.7 Å². The highest BCUT2D eigenvalue weighted by Gasteiger charge is 2.44. The van der Waals surface area contributed by atoms with Gasteiger partial charge in [-0.25, -0.2) is 15.0 Å². The van der Waals surface area contributed by atoms with Crippen molar-refractivity contribution in [1.29, 1.82) is 0 Å². The van der Waals surface area contributed by atoms with Gasteiger partial charge in [0.25, 0.3) is 5.69 Å². The Labute approximate surface area is 187 Å². The van der Waals surface area contributed by atoms with E-state index < -0.39 is 36.1 Å². The molecule has 2 aliphatic rings. The Morgan fingerprint density at radius 2 is 1.97 bits per heavy atom. The zero-order valence-corrected chi connectivity index (χ0v) is 17.4. The third kappa shape index (κ3) is 3.84. The summed E-state index contributed by atoms with van der Waals surface area (Å²) in [4.78, 5) is 25.5. The predicted molar refractivity (Wildman–Crippen MR) is 116 cm³/mol. The predicted octanol–water partition coefficient (Wildman–Crippen LogP) is 0.0368. The standard InChI is InChI=1S/C20H23N7O6/c28-8-14-16(29)17(30)20(33-14)26-10-23-15-18(21-9-22-19(15)26)24-11-5-6-25(7-11)12-1-3-13(4-2-12)27(31)32/h1-4,9-11,14,16-17,20,28-30H,5-8H2,(H,21,22,24)/t11-,14+,16-,17-,20+/m0/s1. The minimum Gasteiger partial charge on any atom is -0.394 e. The number of imidazole rings is 1. The van der Waals surface area contributed by atoms with E-state index in [9.17, 15) is 25.4 Å². The van der Waals surface area contributed by atoms with E-state index in [0.29, 0.717) is 23.5 Å². The Balaban J connectivity index is 1.32. The van der Waals surface area contributed by atoms with Crippen LogP contribution in [0.4, 0.5) is 17.2 Å². The lowest BCUT2D eigenvalue weighted by Gasteiger charge is -2.19. The molecule has 0 amide bonds. The maximum Gasteiger partial charge on any atom is 0.269 e. The van der Waals surface area contributed by atoms with E-state index in [1.165, 1.54) is 29.4 Å². The first kappa shape index (κ1) is 21.5. The molecule has 0 aliphatic carbocycles. The van der Waals surface area contributed by atoms with Gasteiger partial charge in [0.2, 0.25) is 0 Å². The molecule has 13 nitrogen and oxygen atoms in total. The number of nitro groups is 1. The normalized spacial score (nSPS) is 27.4. The third-order valence-electron chi connectivity index (χ3n) is 6.10. The average Bonchev–Trinajstić information content (AvgIpc) is 3.53. The largest absolute Gasteiger partial charge is 0.394 e. The van der Waals surface area contributed by atoms with Crippen molar-refractivity contribution in [2.24, 2.45) is 0 Å². The highest BCUT2D eigenvalue weighted by atomic mass is 16.6. The van der Waals surface area contributed by atoms with Crippen molar-refractivity contribution < 1.29 is 25.0 Å². The molecule has 5 rings (SSSR count). The van der Waals surface area contributed by atoms with Crippen molar-refractivity contribution in [2.75, 3.05) is 29.9 Å². The number of anilines is 2.